The normalized spacial score (nSPS) is 16.2. The summed E-state index contributed by atoms with van der Waals surface area (Å²) in [5, 5.41) is 16.4. The summed E-state index contributed by atoms with van der Waals surface area (Å²) in [7, 11) is 0. The van der Waals surface area contributed by atoms with Gasteiger partial charge in [-0.25, -0.2) is 5.01 Å². The zero-order valence-electron chi connectivity index (χ0n) is 12.9. The van der Waals surface area contributed by atoms with Crippen LogP contribution < -0.4 is 9.75 Å². The van der Waals surface area contributed by atoms with E-state index in [1.54, 1.807) is 12.1 Å². The minimum absolute atomic E-state index is 0.0138. The highest BCUT2D eigenvalue weighted by atomic mass is 32.1. The number of amides is 1. The van der Waals surface area contributed by atoms with Gasteiger partial charge < -0.3 is 10.0 Å². The molecule has 2 aliphatic heterocycles. The zero-order valence-corrected chi connectivity index (χ0v) is 13.7. The van der Waals surface area contributed by atoms with Crippen LogP contribution >= 0.6 is 11.5 Å². The summed E-state index contributed by atoms with van der Waals surface area (Å²) < 4.78 is 5.32. The van der Waals surface area contributed by atoms with Crippen molar-refractivity contribution in [2.24, 2.45) is 5.10 Å². The zero-order chi connectivity index (χ0) is 16.5. The molecule has 0 atom stereocenters. The van der Waals surface area contributed by atoms with E-state index in [0.29, 0.717) is 19.6 Å². The van der Waals surface area contributed by atoms with Crippen molar-refractivity contribution in [3.8, 4) is 5.75 Å². The molecule has 0 spiro atoms. The lowest BCUT2D eigenvalue weighted by atomic mass is 10.1. The quantitative estimate of drug-likeness (QED) is 0.874. The van der Waals surface area contributed by atoms with Crippen LogP contribution in [-0.2, 0) is 4.79 Å². The van der Waals surface area contributed by atoms with E-state index in [2.05, 4.69) is 15.6 Å². The Morgan fingerprint density at radius 2 is 2.12 bits per heavy atom. The number of hydrogen-bond acceptors (Lipinski definition) is 6. The second-order valence-electron chi connectivity index (χ2n) is 5.77. The number of aromatic hydroxyl groups is 1. The molecule has 7 heteroatoms. The van der Waals surface area contributed by atoms with Crippen LogP contribution in [0.2, 0.25) is 0 Å². The summed E-state index contributed by atoms with van der Waals surface area (Å²) in [5.41, 5.74) is 1.82. The highest BCUT2D eigenvalue weighted by Gasteiger charge is 2.22. The Bertz CT molecular complexity index is 917. The van der Waals surface area contributed by atoms with Gasteiger partial charge in [-0.05, 0) is 47.4 Å². The second kappa shape index (κ2) is 6.09. The molecule has 0 saturated carbocycles. The van der Waals surface area contributed by atoms with Crippen LogP contribution in [-0.4, -0.2) is 50.6 Å². The molecule has 4 rings (SSSR count). The van der Waals surface area contributed by atoms with E-state index in [4.69, 9.17) is 0 Å². The number of rotatable bonds is 3. The standard InChI is InChI=1S/C17H16N4O2S/c22-14-3-1-12(2-4-14)15-5-8-21(19-15)17(23)11-20-7-6-16-13(10-20)9-18-24-16/h1-4,6,9-10,22H,5,7-8,11H2. The fourth-order valence-electron chi connectivity index (χ4n) is 2.82. The molecule has 0 radical (unpaired) electrons. The molecule has 0 bridgehead atoms. The number of carbonyl (C=O) groups is 1. The van der Waals surface area contributed by atoms with Gasteiger partial charge in [0.25, 0.3) is 5.91 Å². The molecule has 2 aromatic rings. The molecule has 1 amide bonds. The van der Waals surface area contributed by atoms with Crippen molar-refractivity contribution in [3.63, 3.8) is 0 Å². The van der Waals surface area contributed by atoms with Crippen LogP contribution in [0.5, 0.6) is 5.75 Å². The summed E-state index contributed by atoms with van der Waals surface area (Å²) >= 11 is 1.47. The number of hydrazone groups is 1. The average Bonchev–Trinajstić information content (AvgIpc) is 3.24. The first-order chi connectivity index (χ1) is 11.7. The first-order valence-electron chi connectivity index (χ1n) is 7.73. The number of hydrogen-bond donors (Lipinski definition) is 1. The van der Waals surface area contributed by atoms with Gasteiger partial charge in [-0.2, -0.15) is 9.47 Å². The van der Waals surface area contributed by atoms with Crippen LogP contribution in [0.3, 0.4) is 0 Å². The topological polar surface area (TPSA) is 69.0 Å². The number of carbonyl (C=O) groups excluding carboxylic acids is 1. The Hall–Kier alpha value is -2.67. The fourth-order valence-corrected chi connectivity index (χ4v) is 3.46. The molecule has 1 aromatic carbocycles. The lowest BCUT2D eigenvalue weighted by molar-refractivity contribution is -0.131. The first kappa shape index (κ1) is 14.9. The summed E-state index contributed by atoms with van der Waals surface area (Å²) in [5.74, 6) is 0.213. The van der Waals surface area contributed by atoms with Gasteiger partial charge in [0.15, 0.2) is 0 Å². The van der Waals surface area contributed by atoms with Crippen molar-refractivity contribution >= 4 is 35.4 Å². The van der Waals surface area contributed by atoms with Crippen molar-refractivity contribution in [1.29, 1.82) is 0 Å². The minimum Gasteiger partial charge on any atom is -0.508 e. The summed E-state index contributed by atoms with van der Waals surface area (Å²) in [6, 6.07) is 6.90. The fraction of sp³-hybridized carbons (Fsp3) is 0.235. The van der Waals surface area contributed by atoms with Crippen LogP contribution in [0, 0.1) is 0 Å². The van der Waals surface area contributed by atoms with Gasteiger partial charge in [0, 0.05) is 30.6 Å². The molecule has 0 aliphatic carbocycles. The summed E-state index contributed by atoms with van der Waals surface area (Å²) in [6.07, 6.45) is 6.63. The van der Waals surface area contributed by atoms with Gasteiger partial charge in [0.1, 0.15) is 5.75 Å². The second-order valence-corrected chi connectivity index (χ2v) is 6.60. The third-order valence-corrected chi connectivity index (χ3v) is 4.90. The lowest BCUT2D eigenvalue weighted by Crippen LogP contribution is -2.39. The molecule has 2 aliphatic rings. The van der Waals surface area contributed by atoms with Crippen molar-refractivity contribution < 1.29 is 9.90 Å². The SMILES string of the molecule is O=C(CN1C=c2cnsc2=CC1)N1CCC(c2ccc(O)cc2)=N1. The van der Waals surface area contributed by atoms with Gasteiger partial charge in [0.2, 0.25) is 0 Å². The van der Waals surface area contributed by atoms with E-state index in [-0.39, 0.29) is 11.7 Å². The smallest absolute Gasteiger partial charge is 0.262 e. The van der Waals surface area contributed by atoms with E-state index in [1.807, 2.05) is 29.4 Å². The van der Waals surface area contributed by atoms with Gasteiger partial charge in [-0.3, -0.25) is 4.79 Å². The van der Waals surface area contributed by atoms with E-state index < -0.39 is 0 Å². The van der Waals surface area contributed by atoms with Crippen molar-refractivity contribution in [2.75, 3.05) is 19.6 Å². The molecule has 24 heavy (non-hydrogen) atoms. The monoisotopic (exact) mass is 340 g/mol. The van der Waals surface area contributed by atoms with Gasteiger partial charge in [0.05, 0.1) is 23.3 Å². The van der Waals surface area contributed by atoms with Crippen LogP contribution in [0.1, 0.15) is 12.0 Å². The Morgan fingerprint density at radius 1 is 1.29 bits per heavy atom. The Balaban J connectivity index is 1.45. The maximum Gasteiger partial charge on any atom is 0.262 e. The summed E-state index contributed by atoms with van der Waals surface area (Å²) in [4.78, 5) is 14.5. The molecule has 1 N–H and O–H groups in total. The van der Waals surface area contributed by atoms with E-state index >= 15 is 0 Å². The summed E-state index contributed by atoms with van der Waals surface area (Å²) in [6.45, 7) is 1.61. The Morgan fingerprint density at radius 3 is 2.96 bits per heavy atom. The largest absolute Gasteiger partial charge is 0.508 e. The van der Waals surface area contributed by atoms with Gasteiger partial charge in [-0.1, -0.05) is 0 Å². The number of phenols is 1. The molecule has 6 nitrogen and oxygen atoms in total. The molecule has 1 aromatic heterocycles. The molecule has 0 saturated heterocycles. The van der Waals surface area contributed by atoms with Crippen LogP contribution in [0.15, 0.2) is 35.6 Å². The van der Waals surface area contributed by atoms with E-state index in [0.717, 1.165) is 27.4 Å². The number of aromatic nitrogens is 1. The maximum atomic E-state index is 12.5. The van der Waals surface area contributed by atoms with Crippen LogP contribution in [0.25, 0.3) is 12.3 Å². The number of fused-ring (bicyclic) bond motifs is 1. The van der Waals surface area contributed by atoms with Gasteiger partial charge >= 0.3 is 0 Å². The molecule has 3 heterocycles. The third-order valence-electron chi connectivity index (χ3n) is 4.09. The molecular weight excluding hydrogens is 324 g/mol. The lowest BCUT2D eigenvalue weighted by Gasteiger charge is -2.21. The predicted molar refractivity (Wildman–Crippen MR) is 92.8 cm³/mol. The number of nitrogens with zero attached hydrogens (tertiary/aromatic N) is 4. The highest BCUT2D eigenvalue weighted by Crippen LogP contribution is 2.17. The van der Waals surface area contributed by atoms with Crippen molar-refractivity contribution in [2.45, 2.75) is 6.42 Å². The molecule has 0 fully saturated rings. The van der Waals surface area contributed by atoms with E-state index in [1.165, 1.54) is 16.5 Å². The predicted octanol–water partition coefficient (Wildman–Crippen LogP) is 0.319. The third kappa shape index (κ3) is 2.90. The van der Waals surface area contributed by atoms with E-state index in [9.17, 15) is 9.90 Å². The number of phenolic OH excluding ortho intramolecular Hbond substituents is 1. The minimum atomic E-state index is -0.0138. The molecule has 0 unspecified atom stereocenters. The van der Waals surface area contributed by atoms with Crippen molar-refractivity contribution in [1.82, 2.24) is 14.3 Å². The first-order valence-corrected chi connectivity index (χ1v) is 8.50. The average molecular weight is 340 g/mol. The Kier molecular flexibility index (Phi) is 3.78. The van der Waals surface area contributed by atoms with Crippen LogP contribution in [0.4, 0.5) is 0 Å². The maximum absolute atomic E-state index is 12.5. The number of benzene rings is 1. The highest BCUT2D eigenvalue weighted by molar-refractivity contribution is 7.03. The molecule has 122 valence electrons. The Labute approximate surface area is 142 Å². The van der Waals surface area contributed by atoms with Gasteiger partial charge in [-0.15, -0.1) is 0 Å². The van der Waals surface area contributed by atoms with Crippen molar-refractivity contribution in [3.05, 3.63) is 45.8 Å². The molecular formula is C17H16N4O2S.